The molecule has 0 aromatic heterocycles. The quantitative estimate of drug-likeness (QED) is 0.283. The third-order valence-corrected chi connectivity index (χ3v) is 4.31. The fourth-order valence-electron chi connectivity index (χ4n) is 2.31. The van der Waals surface area contributed by atoms with Crippen molar-refractivity contribution >= 4 is 11.8 Å². The molecular weight excluding hydrogens is 252 g/mol. The third kappa shape index (κ3) is 6.46. The van der Waals surface area contributed by atoms with Crippen molar-refractivity contribution in [2.24, 2.45) is 5.84 Å². The number of unbranched alkanes of at least 4 members (excludes halogenated alkanes) is 5. The summed E-state index contributed by atoms with van der Waals surface area (Å²) < 4.78 is 0. The molecule has 0 bridgehead atoms. The van der Waals surface area contributed by atoms with Crippen LogP contribution in [0.4, 0.5) is 0 Å². The highest BCUT2D eigenvalue weighted by atomic mass is 32.2. The molecule has 108 valence electrons. The first-order valence-electron chi connectivity index (χ1n) is 7.42. The molecule has 0 saturated carbocycles. The lowest BCUT2D eigenvalue weighted by Gasteiger charge is -2.16. The Kier molecular flexibility index (Phi) is 8.97. The van der Waals surface area contributed by atoms with Gasteiger partial charge in [-0.05, 0) is 30.4 Å². The number of nitrogens with one attached hydrogen (secondary N) is 1. The van der Waals surface area contributed by atoms with E-state index in [1.54, 1.807) is 11.8 Å². The topological polar surface area (TPSA) is 38.0 Å². The van der Waals surface area contributed by atoms with E-state index in [1.807, 2.05) is 0 Å². The van der Waals surface area contributed by atoms with Crippen molar-refractivity contribution in [3.05, 3.63) is 29.8 Å². The molecule has 1 atom stereocenters. The zero-order chi connectivity index (χ0) is 13.9. The zero-order valence-corrected chi connectivity index (χ0v) is 13.1. The summed E-state index contributed by atoms with van der Waals surface area (Å²) in [6.07, 6.45) is 11.2. The molecule has 19 heavy (non-hydrogen) atoms. The predicted molar refractivity (Wildman–Crippen MR) is 86.3 cm³/mol. The van der Waals surface area contributed by atoms with Crippen molar-refractivity contribution < 1.29 is 0 Å². The number of hydrogen-bond acceptors (Lipinski definition) is 3. The molecule has 0 aliphatic heterocycles. The molecule has 1 unspecified atom stereocenters. The molecule has 0 fully saturated rings. The number of nitrogens with two attached hydrogens (primary N) is 1. The maximum atomic E-state index is 5.68. The number of rotatable bonds is 10. The second-order valence-electron chi connectivity index (χ2n) is 5.05. The van der Waals surface area contributed by atoms with E-state index < -0.39 is 0 Å². The first kappa shape index (κ1) is 16.5. The van der Waals surface area contributed by atoms with E-state index in [0.29, 0.717) is 6.04 Å². The van der Waals surface area contributed by atoms with Crippen molar-refractivity contribution in [3.63, 3.8) is 0 Å². The molecule has 0 aliphatic carbocycles. The molecule has 3 N–H and O–H groups in total. The van der Waals surface area contributed by atoms with Crippen LogP contribution in [0.5, 0.6) is 0 Å². The van der Waals surface area contributed by atoms with Gasteiger partial charge in [-0.25, -0.2) is 0 Å². The fourth-order valence-corrected chi connectivity index (χ4v) is 2.72. The first-order valence-corrected chi connectivity index (χ1v) is 8.64. The van der Waals surface area contributed by atoms with Crippen molar-refractivity contribution in [3.8, 4) is 0 Å². The summed E-state index contributed by atoms with van der Waals surface area (Å²) >= 11 is 1.77. The van der Waals surface area contributed by atoms with Gasteiger partial charge in [0, 0.05) is 10.9 Å². The molecule has 2 nitrogen and oxygen atoms in total. The molecule has 0 radical (unpaired) electrons. The van der Waals surface area contributed by atoms with Crippen molar-refractivity contribution in [1.29, 1.82) is 0 Å². The Morgan fingerprint density at radius 3 is 2.26 bits per heavy atom. The zero-order valence-electron chi connectivity index (χ0n) is 12.3. The molecule has 1 aromatic rings. The molecule has 0 amide bonds. The van der Waals surface area contributed by atoms with Crippen LogP contribution in [0, 0.1) is 0 Å². The highest BCUT2D eigenvalue weighted by Crippen LogP contribution is 2.22. The molecule has 1 rings (SSSR count). The summed E-state index contributed by atoms with van der Waals surface area (Å²) in [5.74, 6) is 5.68. The summed E-state index contributed by atoms with van der Waals surface area (Å²) in [6, 6.07) is 9.01. The van der Waals surface area contributed by atoms with Crippen LogP contribution in [-0.2, 0) is 0 Å². The minimum absolute atomic E-state index is 0.294. The molecule has 0 saturated heterocycles. The molecule has 1 aromatic carbocycles. The molecule has 3 heteroatoms. The van der Waals surface area contributed by atoms with Gasteiger partial charge in [-0.3, -0.25) is 11.3 Å². The number of benzene rings is 1. The van der Waals surface area contributed by atoms with Gasteiger partial charge in [-0.15, -0.1) is 11.8 Å². The highest BCUT2D eigenvalue weighted by molar-refractivity contribution is 7.98. The summed E-state index contributed by atoms with van der Waals surface area (Å²) in [5.41, 5.74) is 4.25. The van der Waals surface area contributed by atoms with Gasteiger partial charge >= 0.3 is 0 Å². The Morgan fingerprint density at radius 2 is 1.68 bits per heavy atom. The van der Waals surface area contributed by atoms with Gasteiger partial charge in [0.05, 0.1) is 0 Å². The van der Waals surface area contributed by atoms with Crippen LogP contribution < -0.4 is 11.3 Å². The molecular formula is C16H28N2S. The average molecular weight is 280 g/mol. The van der Waals surface area contributed by atoms with Crippen LogP contribution in [0.2, 0.25) is 0 Å². The highest BCUT2D eigenvalue weighted by Gasteiger charge is 2.08. The monoisotopic (exact) mass is 280 g/mol. The van der Waals surface area contributed by atoms with E-state index in [9.17, 15) is 0 Å². The van der Waals surface area contributed by atoms with E-state index in [4.69, 9.17) is 5.84 Å². The largest absolute Gasteiger partial charge is 0.271 e. The van der Waals surface area contributed by atoms with E-state index in [1.165, 1.54) is 49.0 Å². The maximum Gasteiger partial charge on any atom is 0.0460 e. The van der Waals surface area contributed by atoms with Crippen LogP contribution >= 0.6 is 11.8 Å². The number of hydrazine groups is 1. The lowest BCUT2D eigenvalue weighted by molar-refractivity contribution is 0.477. The van der Waals surface area contributed by atoms with Gasteiger partial charge in [-0.2, -0.15) is 0 Å². The van der Waals surface area contributed by atoms with E-state index in [-0.39, 0.29) is 0 Å². The van der Waals surface area contributed by atoms with E-state index >= 15 is 0 Å². The summed E-state index contributed by atoms with van der Waals surface area (Å²) in [5, 5.41) is 0. The summed E-state index contributed by atoms with van der Waals surface area (Å²) in [4.78, 5) is 1.30. The minimum Gasteiger partial charge on any atom is -0.271 e. The van der Waals surface area contributed by atoms with Gasteiger partial charge in [-0.1, -0.05) is 57.6 Å². The smallest absolute Gasteiger partial charge is 0.0460 e. The Hall–Kier alpha value is -0.510. The lowest BCUT2D eigenvalue weighted by atomic mass is 10.0. The van der Waals surface area contributed by atoms with E-state index in [0.717, 1.165) is 6.42 Å². The molecule has 0 heterocycles. The van der Waals surface area contributed by atoms with Crippen LogP contribution in [0.1, 0.15) is 63.5 Å². The van der Waals surface area contributed by atoms with Crippen molar-refractivity contribution in [1.82, 2.24) is 5.43 Å². The number of thioether (sulfide) groups is 1. The van der Waals surface area contributed by atoms with Gasteiger partial charge in [0.1, 0.15) is 0 Å². The Labute approximate surface area is 122 Å². The standard InChI is InChI=1S/C16H28N2S/c1-3-4-5-6-7-8-9-16(18-17)14-10-12-15(19-2)13-11-14/h10-13,16,18H,3-9,17H2,1-2H3. The van der Waals surface area contributed by atoms with Gasteiger partial charge in [0.2, 0.25) is 0 Å². The van der Waals surface area contributed by atoms with Gasteiger partial charge < -0.3 is 0 Å². The SMILES string of the molecule is CCCCCCCCC(NN)c1ccc(SC)cc1. The van der Waals surface area contributed by atoms with Crippen LogP contribution in [0.3, 0.4) is 0 Å². The maximum absolute atomic E-state index is 5.68. The van der Waals surface area contributed by atoms with Crippen LogP contribution in [-0.4, -0.2) is 6.26 Å². The molecule has 0 aliphatic rings. The van der Waals surface area contributed by atoms with Crippen LogP contribution in [0.15, 0.2) is 29.2 Å². The minimum atomic E-state index is 0.294. The summed E-state index contributed by atoms with van der Waals surface area (Å²) in [6.45, 7) is 2.26. The number of hydrogen-bond donors (Lipinski definition) is 2. The second kappa shape index (κ2) is 10.3. The van der Waals surface area contributed by atoms with Gasteiger partial charge in [0.25, 0.3) is 0 Å². The first-order chi connectivity index (χ1) is 9.31. The Morgan fingerprint density at radius 1 is 1.05 bits per heavy atom. The van der Waals surface area contributed by atoms with Crippen molar-refractivity contribution in [2.75, 3.05) is 6.26 Å². The lowest BCUT2D eigenvalue weighted by Crippen LogP contribution is -2.27. The van der Waals surface area contributed by atoms with Gasteiger partial charge in [0.15, 0.2) is 0 Å². The Bertz CT molecular complexity index is 324. The van der Waals surface area contributed by atoms with E-state index in [2.05, 4.69) is 42.9 Å². The van der Waals surface area contributed by atoms with Crippen molar-refractivity contribution in [2.45, 2.75) is 62.8 Å². The average Bonchev–Trinajstić information content (AvgIpc) is 2.47. The normalized spacial score (nSPS) is 12.6. The second-order valence-corrected chi connectivity index (χ2v) is 5.93. The fraction of sp³-hybridized carbons (Fsp3) is 0.625. The molecule has 0 spiro atoms. The summed E-state index contributed by atoms with van der Waals surface area (Å²) in [7, 11) is 0. The Balaban J connectivity index is 2.31. The van der Waals surface area contributed by atoms with Crippen LogP contribution in [0.25, 0.3) is 0 Å². The third-order valence-electron chi connectivity index (χ3n) is 3.57. The predicted octanol–water partition coefficient (Wildman–Crippen LogP) is 4.66.